The summed E-state index contributed by atoms with van der Waals surface area (Å²) in [5.74, 6) is -0.0677. The van der Waals surface area contributed by atoms with Gasteiger partial charge in [-0.1, -0.05) is 30.3 Å². The highest BCUT2D eigenvalue weighted by atomic mass is 16.2. The van der Waals surface area contributed by atoms with Crippen molar-refractivity contribution in [2.24, 2.45) is 5.73 Å². The monoisotopic (exact) mass is 383 g/mol. The summed E-state index contributed by atoms with van der Waals surface area (Å²) >= 11 is 0. The summed E-state index contributed by atoms with van der Waals surface area (Å²) < 4.78 is 0. The van der Waals surface area contributed by atoms with Gasteiger partial charge in [0.05, 0.1) is 0 Å². The van der Waals surface area contributed by atoms with E-state index in [0.29, 0.717) is 18.8 Å². The van der Waals surface area contributed by atoms with Crippen LogP contribution >= 0.6 is 0 Å². The van der Waals surface area contributed by atoms with Crippen LogP contribution in [0.5, 0.6) is 0 Å². The number of likely N-dealkylation sites (tertiary alicyclic amines) is 1. The summed E-state index contributed by atoms with van der Waals surface area (Å²) in [6.45, 7) is 1.27. The van der Waals surface area contributed by atoms with E-state index in [4.69, 9.17) is 5.73 Å². The number of fused-ring (bicyclic) bond motifs is 1. The quantitative estimate of drug-likeness (QED) is 0.567. The molecule has 0 bridgehead atoms. The lowest BCUT2D eigenvalue weighted by Crippen LogP contribution is -2.32. The zero-order chi connectivity index (χ0) is 19.8. The number of amides is 1. The number of nitrogens with zero attached hydrogens (tertiary/aromatic N) is 3. The van der Waals surface area contributed by atoms with E-state index in [0.717, 1.165) is 39.8 Å². The molecule has 0 saturated carbocycles. The Kier molecular flexibility index (Phi) is 4.33. The number of rotatable bonds is 3. The predicted molar refractivity (Wildman–Crippen MR) is 113 cm³/mol. The van der Waals surface area contributed by atoms with Crippen LogP contribution < -0.4 is 5.73 Å². The molecular formula is C23H21N5O. The fourth-order valence-electron chi connectivity index (χ4n) is 3.81. The van der Waals surface area contributed by atoms with Crippen molar-refractivity contribution < 1.29 is 4.79 Å². The first kappa shape index (κ1) is 17.6. The summed E-state index contributed by atoms with van der Waals surface area (Å²) in [5.41, 5.74) is 11.2. The van der Waals surface area contributed by atoms with Gasteiger partial charge in [0.15, 0.2) is 0 Å². The summed E-state index contributed by atoms with van der Waals surface area (Å²) in [5, 5.41) is 1.02. The molecule has 3 N–H and O–H groups in total. The molecule has 1 fully saturated rings. The van der Waals surface area contributed by atoms with E-state index >= 15 is 0 Å². The van der Waals surface area contributed by atoms with Gasteiger partial charge in [-0.05, 0) is 41.8 Å². The normalized spacial score (nSPS) is 16.4. The molecule has 5 rings (SSSR count). The van der Waals surface area contributed by atoms with Crippen LogP contribution in [0.4, 0.5) is 0 Å². The average molecular weight is 383 g/mol. The van der Waals surface area contributed by atoms with Gasteiger partial charge in [-0.25, -0.2) is 4.98 Å². The largest absolute Gasteiger partial charge is 0.339 e. The van der Waals surface area contributed by atoms with Gasteiger partial charge in [-0.15, -0.1) is 0 Å². The molecule has 0 aliphatic carbocycles. The third-order valence-corrected chi connectivity index (χ3v) is 5.38. The Morgan fingerprint density at radius 2 is 1.90 bits per heavy atom. The Morgan fingerprint density at radius 1 is 1.03 bits per heavy atom. The molecule has 6 nitrogen and oxygen atoms in total. The Labute approximate surface area is 168 Å². The Balaban J connectivity index is 1.47. The first-order valence-corrected chi connectivity index (χ1v) is 9.73. The summed E-state index contributed by atoms with van der Waals surface area (Å²) in [4.78, 5) is 26.7. The molecular weight excluding hydrogens is 362 g/mol. The molecule has 29 heavy (non-hydrogen) atoms. The molecule has 6 heteroatoms. The summed E-state index contributed by atoms with van der Waals surface area (Å²) in [7, 11) is 0. The molecule has 1 aliphatic rings. The third kappa shape index (κ3) is 3.39. The van der Waals surface area contributed by atoms with E-state index in [-0.39, 0.29) is 11.9 Å². The molecule has 144 valence electrons. The minimum Gasteiger partial charge on any atom is -0.339 e. The first-order valence-electron chi connectivity index (χ1n) is 9.73. The van der Waals surface area contributed by atoms with Crippen molar-refractivity contribution in [1.82, 2.24) is 19.9 Å². The molecule has 1 aromatic carbocycles. The Hall–Kier alpha value is -3.51. The smallest absolute Gasteiger partial charge is 0.272 e. The molecule has 1 aliphatic heterocycles. The fraction of sp³-hybridized carbons (Fsp3) is 0.174. The number of hydrogen-bond donors (Lipinski definition) is 2. The highest BCUT2D eigenvalue weighted by Gasteiger charge is 2.25. The van der Waals surface area contributed by atoms with Crippen molar-refractivity contribution in [3.63, 3.8) is 0 Å². The highest BCUT2D eigenvalue weighted by Crippen LogP contribution is 2.27. The third-order valence-electron chi connectivity index (χ3n) is 5.38. The van der Waals surface area contributed by atoms with Crippen LogP contribution in [0.1, 0.15) is 16.9 Å². The van der Waals surface area contributed by atoms with Crippen LogP contribution in [0.3, 0.4) is 0 Å². The number of carbonyl (C=O) groups is 1. The van der Waals surface area contributed by atoms with Crippen LogP contribution in [-0.4, -0.2) is 44.9 Å². The van der Waals surface area contributed by atoms with Crippen molar-refractivity contribution in [1.29, 1.82) is 0 Å². The second-order valence-corrected chi connectivity index (χ2v) is 7.44. The maximum atomic E-state index is 12.7. The number of hydrogen-bond acceptors (Lipinski definition) is 4. The number of H-pyrrole nitrogens is 1. The van der Waals surface area contributed by atoms with E-state index in [1.165, 1.54) is 0 Å². The first-order chi connectivity index (χ1) is 14.2. The highest BCUT2D eigenvalue weighted by molar-refractivity contribution is 5.94. The van der Waals surface area contributed by atoms with E-state index in [1.807, 2.05) is 36.5 Å². The number of benzene rings is 1. The van der Waals surface area contributed by atoms with Crippen LogP contribution in [0.15, 0.2) is 67.0 Å². The SMILES string of the molecule is N[C@H]1CCN(C(=O)c2cc(-c3cnc4[nH]c(-c5ccccc5)cc4c3)ccn2)C1. The molecule has 0 radical (unpaired) electrons. The lowest BCUT2D eigenvalue weighted by Gasteiger charge is -2.15. The van der Waals surface area contributed by atoms with E-state index in [1.54, 1.807) is 11.1 Å². The zero-order valence-electron chi connectivity index (χ0n) is 15.9. The van der Waals surface area contributed by atoms with Crippen molar-refractivity contribution >= 4 is 16.9 Å². The van der Waals surface area contributed by atoms with Crippen LogP contribution in [-0.2, 0) is 0 Å². The number of pyridine rings is 2. The lowest BCUT2D eigenvalue weighted by atomic mass is 10.1. The number of nitrogens with two attached hydrogens (primary N) is 1. The second kappa shape index (κ2) is 7.14. The van der Waals surface area contributed by atoms with Crippen LogP contribution in [0.25, 0.3) is 33.4 Å². The maximum Gasteiger partial charge on any atom is 0.272 e. The zero-order valence-corrected chi connectivity index (χ0v) is 15.9. The molecule has 1 saturated heterocycles. The minimum atomic E-state index is -0.0677. The number of carbonyl (C=O) groups excluding carboxylic acids is 1. The van der Waals surface area contributed by atoms with Gasteiger partial charge in [-0.3, -0.25) is 9.78 Å². The minimum absolute atomic E-state index is 0.0566. The Bertz CT molecular complexity index is 1180. The van der Waals surface area contributed by atoms with Crippen molar-refractivity contribution in [3.05, 3.63) is 72.7 Å². The van der Waals surface area contributed by atoms with Crippen molar-refractivity contribution in [2.45, 2.75) is 12.5 Å². The van der Waals surface area contributed by atoms with Crippen LogP contribution in [0.2, 0.25) is 0 Å². The van der Waals surface area contributed by atoms with Gasteiger partial charge in [0, 0.05) is 48.2 Å². The maximum absolute atomic E-state index is 12.7. The van der Waals surface area contributed by atoms with E-state index < -0.39 is 0 Å². The van der Waals surface area contributed by atoms with Gasteiger partial charge < -0.3 is 15.6 Å². The molecule has 4 aromatic rings. The van der Waals surface area contributed by atoms with Gasteiger partial charge in [-0.2, -0.15) is 0 Å². The van der Waals surface area contributed by atoms with Crippen LogP contribution in [0, 0.1) is 0 Å². The predicted octanol–water partition coefficient (Wildman–Crippen LogP) is 3.47. The Morgan fingerprint density at radius 3 is 2.69 bits per heavy atom. The average Bonchev–Trinajstić information content (AvgIpc) is 3.39. The summed E-state index contributed by atoms with van der Waals surface area (Å²) in [6, 6.07) is 18.1. The number of aromatic amines is 1. The van der Waals surface area contributed by atoms with E-state index in [2.05, 4.69) is 39.2 Å². The molecule has 1 amide bonds. The molecule has 1 atom stereocenters. The number of nitrogens with one attached hydrogen (secondary N) is 1. The summed E-state index contributed by atoms with van der Waals surface area (Å²) in [6.07, 6.45) is 4.33. The molecule has 3 aromatic heterocycles. The number of aromatic nitrogens is 3. The van der Waals surface area contributed by atoms with E-state index in [9.17, 15) is 4.79 Å². The molecule has 4 heterocycles. The van der Waals surface area contributed by atoms with Crippen molar-refractivity contribution in [2.75, 3.05) is 13.1 Å². The van der Waals surface area contributed by atoms with Gasteiger partial charge >= 0.3 is 0 Å². The van der Waals surface area contributed by atoms with Gasteiger partial charge in [0.1, 0.15) is 11.3 Å². The lowest BCUT2D eigenvalue weighted by molar-refractivity contribution is 0.0785. The molecule has 0 unspecified atom stereocenters. The second-order valence-electron chi connectivity index (χ2n) is 7.44. The molecule has 0 spiro atoms. The topological polar surface area (TPSA) is 87.9 Å². The fourth-order valence-corrected chi connectivity index (χ4v) is 3.81. The van der Waals surface area contributed by atoms with Gasteiger partial charge in [0.25, 0.3) is 5.91 Å². The van der Waals surface area contributed by atoms with Gasteiger partial charge in [0.2, 0.25) is 0 Å². The standard InChI is InChI=1S/C23H21N5O/c24-19-7-9-28(14-19)23(29)21-11-16(6-8-25-21)18-10-17-12-20(27-22(17)26-13-18)15-4-2-1-3-5-15/h1-6,8,10-13,19H,7,9,14,24H2,(H,26,27)/t19-/m0/s1. The van der Waals surface area contributed by atoms with Crippen molar-refractivity contribution in [3.8, 4) is 22.4 Å².